The van der Waals surface area contributed by atoms with Gasteiger partial charge in [0.25, 0.3) is 0 Å². The average molecular weight is 437 g/mol. The van der Waals surface area contributed by atoms with Crippen molar-refractivity contribution in [3.63, 3.8) is 0 Å². The van der Waals surface area contributed by atoms with Crippen LogP contribution in [0.15, 0.2) is 72.2 Å². The number of likely N-dealkylation sites (N-methyl/N-ethyl adjacent to an activating group) is 1. The molecule has 1 N–H and O–H groups in total. The second-order valence-corrected chi connectivity index (χ2v) is 8.43. The fraction of sp³-hybridized carbons (Fsp3) is 0.222. The number of hydrogen-bond donors (Lipinski definition) is 1. The fourth-order valence-corrected chi connectivity index (χ4v) is 4.10. The molecule has 33 heavy (non-hydrogen) atoms. The van der Waals surface area contributed by atoms with Crippen LogP contribution in [0.5, 0.6) is 0 Å². The minimum atomic E-state index is 0.663. The van der Waals surface area contributed by atoms with Gasteiger partial charge in [-0.25, -0.2) is 0 Å². The van der Waals surface area contributed by atoms with Gasteiger partial charge < -0.3 is 15.1 Å². The first-order valence-corrected chi connectivity index (χ1v) is 11.3. The molecule has 0 radical (unpaired) electrons. The van der Waals surface area contributed by atoms with E-state index in [4.69, 9.17) is 0 Å². The molecular weight excluding hydrogens is 408 g/mol. The summed E-state index contributed by atoms with van der Waals surface area (Å²) < 4.78 is 0. The standard InChI is InChI=1S/C27H28N6/c1-32-12-14-33(15-13-32)26-8-6-24(7-9-26)31-19-23-18-29-17-22-4-2-21(16-27(22)23)3-5-25-20-28-10-11-30-25/h2-11,16-17,19-20,31H,12-15,18H2,1H3. The summed E-state index contributed by atoms with van der Waals surface area (Å²) in [6.07, 6.45) is 13.2. The smallest absolute Gasteiger partial charge is 0.0813 e. The molecule has 1 saturated heterocycles. The molecule has 2 aliphatic heterocycles. The van der Waals surface area contributed by atoms with Crippen LogP contribution in [0.2, 0.25) is 0 Å². The third-order valence-electron chi connectivity index (χ3n) is 6.09. The Balaban J connectivity index is 1.30. The van der Waals surface area contributed by atoms with Crippen LogP contribution in [0, 0.1) is 0 Å². The van der Waals surface area contributed by atoms with E-state index in [1.165, 1.54) is 16.8 Å². The number of rotatable bonds is 5. The molecule has 6 nitrogen and oxygen atoms in total. The summed E-state index contributed by atoms with van der Waals surface area (Å²) in [4.78, 5) is 17.8. The Kier molecular flexibility index (Phi) is 6.26. The molecule has 0 saturated carbocycles. The van der Waals surface area contributed by atoms with Crippen LogP contribution in [0.1, 0.15) is 22.4 Å². The van der Waals surface area contributed by atoms with Crippen molar-refractivity contribution in [2.24, 2.45) is 4.99 Å². The number of anilines is 2. The Morgan fingerprint density at radius 1 is 0.939 bits per heavy atom. The minimum Gasteiger partial charge on any atom is -0.369 e. The van der Waals surface area contributed by atoms with Crippen molar-refractivity contribution in [3.8, 4) is 0 Å². The molecule has 1 aromatic heterocycles. The van der Waals surface area contributed by atoms with Gasteiger partial charge >= 0.3 is 0 Å². The maximum atomic E-state index is 4.54. The lowest BCUT2D eigenvalue weighted by atomic mass is 9.96. The van der Waals surface area contributed by atoms with E-state index in [2.05, 4.69) is 91.9 Å². The molecule has 2 aromatic carbocycles. The molecule has 0 amide bonds. The van der Waals surface area contributed by atoms with Crippen LogP contribution in [-0.2, 0) is 0 Å². The van der Waals surface area contributed by atoms with Crippen LogP contribution in [-0.4, -0.2) is 60.9 Å². The zero-order valence-corrected chi connectivity index (χ0v) is 18.9. The molecular formula is C27H28N6. The second kappa shape index (κ2) is 9.79. The van der Waals surface area contributed by atoms with Crippen molar-refractivity contribution in [2.45, 2.75) is 0 Å². The van der Waals surface area contributed by atoms with Crippen molar-refractivity contribution in [1.29, 1.82) is 0 Å². The highest BCUT2D eigenvalue weighted by Gasteiger charge is 2.14. The van der Waals surface area contributed by atoms with E-state index >= 15 is 0 Å². The number of nitrogens with one attached hydrogen (secondary N) is 1. The maximum Gasteiger partial charge on any atom is 0.0813 e. The predicted molar refractivity (Wildman–Crippen MR) is 138 cm³/mol. The van der Waals surface area contributed by atoms with Gasteiger partial charge in [0.2, 0.25) is 0 Å². The van der Waals surface area contributed by atoms with Crippen molar-refractivity contribution in [3.05, 3.63) is 89.6 Å². The van der Waals surface area contributed by atoms with E-state index in [1.807, 2.05) is 12.3 Å². The minimum absolute atomic E-state index is 0.663. The van der Waals surface area contributed by atoms with Crippen molar-refractivity contribution in [1.82, 2.24) is 14.9 Å². The van der Waals surface area contributed by atoms with Crippen LogP contribution in [0.4, 0.5) is 11.4 Å². The Morgan fingerprint density at radius 2 is 1.79 bits per heavy atom. The first-order chi connectivity index (χ1) is 16.2. The van der Waals surface area contributed by atoms with E-state index in [0.29, 0.717) is 6.54 Å². The largest absolute Gasteiger partial charge is 0.369 e. The van der Waals surface area contributed by atoms with Gasteiger partial charge in [-0.2, -0.15) is 0 Å². The number of fused-ring (bicyclic) bond motifs is 1. The number of piperazine rings is 1. The molecule has 0 aliphatic carbocycles. The highest BCUT2D eigenvalue weighted by atomic mass is 15.2. The third-order valence-corrected chi connectivity index (χ3v) is 6.09. The number of aliphatic imine (C=N–C) groups is 1. The van der Waals surface area contributed by atoms with Crippen LogP contribution in [0.3, 0.4) is 0 Å². The van der Waals surface area contributed by atoms with Crippen LogP contribution >= 0.6 is 0 Å². The summed E-state index contributed by atoms with van der Waals surface area (Å²) in [7, 11) is 2.18. The fourth-order valence-electron chi connectivity index (χ4n) is 4.10. The van der Waals surface area contributed by atoms with Crippen molar-refractivity contribution < 1.29 is 0 Å². The molecule has 3 aromatic rings. The van der Waals surface area contributed by atoms with Crippen LogP contribution in [0.25, 0.3) is 17.7 Å². The first-order valence-electron chi connectivity index (χ1n) is 11.3. The van der Waals surface area contributed by atoms with E-state index < -0.39 is 0 Å². The van der Waals surface area contributed by atoms with Gasteiger partial charge in [0, 0.05) is 62.4 Å². The van der Waals surface area contributed by atoms with Gasteiger partial charge in [-0.15, -0.1) is 0 Å². The molecule has 0 atom stereocenters. The van der Waals surface area contributed by atoms with Gasteiger partial charge in [-0.1, -0.05) is 18.2 Å². The second-order valence-electron chi connectivity index (χ2n) is 8.43. The van der Waals surface area contributed by atoms with Gasteiger partial charge in [-0.3, -0.25) is 15.0 Å². The lowest BCUT2D eigenvalue weighted by Gasteiger charge is -2.34. The molecule has 1 fully saturated rings. The maximum absolute atomic E-state index is 4.54. The molecule has 0 unspecified atom stereocenters. The number of hydrogen-bond acceptors (Lipinski definition) is 6. The first kappa shape index (κ1) is 21.1. The van der Waals surface area contributed by atoms with Gasteiger partial charge in [0.05, 0.1) is 18.4 Å². The SMILES string of the molecule is CN1CCN(c2ccc(NC=C3CN=Cc4ccc(C=Cc5cnccn5)cc43)cc2)CC1. The van der Waals surface area contributed by atoms with E-state index in [0.717, 1.165) is 48.7 Å². The Labute approximate surface area is 195 Å². The van der Waals surface area contributed by atoms with Gasteiger partial charge in [0.1, 0.15) is 0 Å². The summed E-state index contributed by atoms with van der Waals surface area (Å²) in [5.41, 5.74) is 7.84. The summed E-state index contributed by atoms with van der Waals surface area (Å²) in [5.74, 6) is 0. The quantitative estimate of drug-likeness (QED) is 0.647. The molecule has 166 valence electrons. The van der Waals surface area contributed by atoms with E-state index in [1.54, 1.807) is 18.6 Å². The highest BCUT2D eigenvalue weighted by Crippen LogP contribution is 2.26. The van der Waals surface area contributed by atoms with E-state index in [9.17, 15) is 0 Å². The molecule has 6 heteroatoms. The summed E-state index contributed by atoms with van der Waals surface area (Å²) in [5, 5.41) is 3.47. The normalized spacial score (nSPS) is 17.5. The monoisotopic (exact) mass is 436 g/mol. The number of aromatic nitrogens is 2. The van der Waals surface area contributed by atoms with Crippen molar-refractivity contribution in [2.75, 3.05) is 50.0 Å². The topological polar surface area (TPSA) is 56.6 Å². The van der Waals surface area contributed by atoms with Gasteiger partial charge in [0.15, 0.2) is 0 Å². The number of benzene rings is 2. The molecule has 3 heterocycles. The zero-order chi connectivity index (χ0) is 22.5. The van der Waals surface area contributed by atoms with Crippen molar-refractivity contribution >= 4 is 35.3 Å². The predicted octanol–water partition coefficient (Wildman–Crippen LogP) is 4.28. The lowest BCUT2D eigenvalue weighted by molar-refractivity contribution is 0.313. The summed E-state index contributed by atoms with van der Waals surface area (Å²) >= 11 is 0. The Bertz CT molecular complexity index is 1170. The molecule has 0 spiro atoms. The van der Waals surface area contributed by atoms with Crippen LogP contribution < -0.4 is 10.2 Å². The number of nitrogens with zero attached hydrogens (tertiary/aromatic N) is 5. The third kappa shape index (κ3) is 5.18. The Hall–Kier alpha value is -3.77. The highest BCUT2D eigenvalue weighted by molar-refractivity contribution is 5.93. The Morgan fingerprint density at radius 3 is 2.58 bits per heavy atom. The summed E-state index contributed by atoms with van der Waals surface area (Å²) in [6.45, 7) is 5.05. The average Bonchev–Trinajstić information content (AvgIpc) is 2.87. The van der Waals surface area contributed by atoms with E-state index in [-0.39, 0.29) is 0 Å². The molecule has 2 aliphatic rings. The lowest BCUT2D eigenvalue weighted by Crippen LogP contribution is -2.44. The molecule has 5 rings (SSSR count). The summed E-state index contributed by atoms with van der Waals surface area (Å²) in [6, 6.07) is 15.1. The zero-order valence-electron chi connectivity index (χ0n) is 18.9. The van der Waals surface area contributed by atoms with Gasteiger partial charge in [-0.05, 0) is 65.7 Å². The molecule has 0 bridgehead atoms.